The second-order valence-corrected chi connectivity index (χ2v) is 6.27. The Bertz CT molecular complexity index is 1010. The first-order chi connectivity index (χ1) is 13.6. The van der Waals surface area contributed by atoms with Gasteiger partial charge >= 0.3 is 0 Å². The van der Waals surface area contributed by atoms with Gasteiger partial charge in [0.25, 0.3) is 5.91 Å². The van der Waals surface area contributed by atoms with E-state index in [2.05, 4.69) is 29.0 Å². The van der Waals surface area contributed by atoms with E-state index in [1.165, 1.54) is 7.11 Å². The molecule has 1 amide bonds. The molecule has 1 heterocycles. The van der Waals surface area contributed by atoms with E-state index < -0.39 is 5.91 Å². The molecule has 0 unspecified atom stereocenters. The lowest BCUT2D eigenvalue weighted by atomic mass is 10.2. The third kappa shape index (κ3) is 3.75. The summed E-state index contributed by atoms with van der Waals surface area (Å²) < 4.78 is 6.99. The number of hydrogen-bond acceptors (Lipinski definition) is 5. The molecule has 0 bridgehead atoms. The summed E-state index contributed by atoms with van der Waals surface area (Å²) in [6, 6.07) is 14.4. The van der Waals surface area contributed by atoms with E-state index in [1.54, 1.807) is 28.8 Å². The molecule has 0 aliphatic rings. The monoisotopic (exact) mass is 380 g/mol. The predicted molar refractivity (Wildman–Crippen MR) is 108 cm³/mol. The molecule has 7 heteroatoms. The maximum Gasteiger partial charge on any atom is 0.299 e. The minimum atomic E-state index is -0.530. The number of carbonyl (C=O) groups is 1. The average molecular weight is 380 g/mol. The molecule has 1 aromatic heterocycles. The number of amides is 1. The van der Waals surface area contributed by atoms with Gasteiger partial charge in [0.2, 0.25) is 5.88 Å². The quantitative estimate of drug-likeness (QED) is 0.609. The summed E-state index contributed by atoms with van der Waals surface area (Å²) in [7, 11) is 1.50. The van der Waals surface area contributed by atoms with E-state index in [9.17, 15) is 9.90 Å². The number of methoxy groups -OCH3 is 1. The molecule has 0 atom stereocenters. The van der Waals surface area contributed by atoms with Crippen LogP contribution in [-0.2, 0) is 6.67 Å². The minimum absolute atomic E-state index is 0.00956. The smallest absolute Gasteiger partial charge is 0.299 e. The molecular formula is C21H24N4O3. The molecule has 3 rings (SSSR count). The van der Waals surface area contributed by atoms with Gasteiger partial charge in [-0.3, -0.25) is 14.3 Å². The lowest BCUT2D eigenvalue weighted by Gasteiger charge is -2.19. The van der Waals surface area contributed by atoms with Crippen molar-refractivity contribution in [3.63, 3.8) is 0 Å². The molecule has 0 radical (unpaired) electrons. The van der Waals surface area contributed by atoms with Crippen molar-refractivity contribution in [1.82, 2.24) is 9.47 Å². The van der Waals surface area contributed by atoms with Crippen LogP contribution in [0.3, 0.4) is 0 Å². The van der Waals surface area contributed by atoms with Crippen molar-refractivity contribution in [3.05, 3.63) is 54.1 Å². The normalized spacial score (nSPS) is 11.6. The van der Waals surface area contributed by atoms with Crippen molar-refractivity contribution >= 4 is 22.5 Å². The van der Waals surface area contributed by atoms with Gasteiger partial charge in [0.15, 0.2) is 5.69 Å². The van der Waals surface area contributed by atoms with Crippen molar-refractivity contribution in [2.45, 2.75) is 20.5 Å². The van der Waals surface area contributed by atoms with Crippen LogP contribution in [0.4, 0.5) is 5.69 Å². The van der Waals surface area contributed by atoms with Crippen LogP contribution in [0.15, 0.2) is 58.8 Å². The van der Waals surface area contributed by atoms with E-state index in [0.29, 0.717) is 18.0 Å². The van der Waals surface area contributed by atoms with E-state index in [-0.39, 0.29) is 11.6 Å². The Morgan fingerprint density at radius 2 is 1.79 bits per heavy atom. The zero-order valence-electron chi connectivity index (χ0n) is 16.3. The first-order valence-electron chi connectivity index (χ1n) is 9.22. The summed E-state index contributed by atoms with van der Waals surface area (Å²) in [5.41, 5.74) is 1.44. The predicted octanol–water partition coefficient (Wildman–Crippen LogP) is 4.58. The van der Waals surface area contributed by atoms with Gasteiger partial charge in [-0.15, -0.1) is 10.2 Å². The largest absolute Gasteiger partial charge is 0.496 e. The van der Waals surface area contributed by atoms with Gasteiger partial charge in [0.05, 0.1) is 24.9 Å². The third-order valence-electron chi connectivity index (χ3n) is 4.73. The molecule has 0 spiro atoms. The Labute approximate surface area is 163 Å². The average Bonchev–Trinajstić information content (AvgIpc) is 3.00. The highest BCUT2D eigenvalue weighted by atomic mass is 16.5. The lowest BCUT2D eigenvalue weighted by Crippen LogP contribution is -2.25. The molecular weight excluding hydrogens is 356 g/mol. The number of aromatic nitrogens is 1. The van der Waals surface area contributed by atoms with Crippen LogP contribution in [-0.4, -0.2) is 40.7 Å². The highest BCUT2D eigenvalue weighted by molar-refractivity contribution is 5.98. The zero-order chi connectivity index (χ0) is 20.1. The number of ether oxygens (including phenoxy) is 1. The number of aromatic hydroxyl groups is 1. The second-order valence-electron chi connectivity index (χ2n) is 6.27. The molecule has 28 heavy (non-hydrogen) atoms. The lowest BCUT2D eigenvalue weighted by molar-refractivity contribution is 0.0992. The van der Waals surface area contributed by atoms with Crippen molar-refractivity contribution < 1.29 is 14.6 Å². The Kier molecular flexibility index (Phi) is 6.06. The molecule has 1 N–H and O–H groups in total. The number of azo groups is 1. The summed E-state index contributed by atoms with van der Waals surface area (Å²) in [5, 5.41) is 19.5. The zero-order valence-corrected chi connectivity index (χ0v) is 16.3. The fourth-order valence-corrected chi connectivity index (χ4v) is 3.11. The van der Waals surface area contributed by atoms with Crippen molar-refractivity contribution in [1.29, 1.82) is 0 Å². The van der Waals surface area contributed by atoms with Gasteiger partial charge in [-0.05, 0) is 31.3 Å². The molecule has 0 saturated heterocycles. The third-order valence-corrected chi connectivity index (χ3v) is 4.73. The molecule has 0 fully saturated rings. The molecule has 7 nitrogen and oxygen atoms in total. The molecule has 3 aromatic rings. The van der Waals surface area contributed by atoms with Crippen LogP contribution in [0.5, 0.6) is 11.6 Å². The summed E-state index contributed by atoms with van der Waals surface area (Å²) in [5.74, 6) is -0.110. The fraction of sp³-hybridized carbons (Fsp3) is 0.286. The van der Waals surface area contributed by atoms with Gasteiger partial charge < -0.3 is 9.84 Å². The first kappa shape index (κ1) is 19.6. The van der Waals surface area contributed by atoms with E-state index >= 15 is 0 Å². The van der Waals surface area contributed by atoms with Gasteiger partial charge in [0.1, 0.15) is 5.75 Å². The molecule has 0 saturated carbocycles. The van der Waals surface area contributed by atoms with Gasteiger partial charge in [0, 0.05) is 5.39 Å². The van der Waals surface area contributed by atoms with Gasteiger partial charge in [-0.25, -0.2) is 0 Å². The summed E-state index contributed by atoms with van der Waals surface area (Å²) >= 11 is 0. The molecule has 0 aliphatic carbocycles. The Morgan fingerprint density at radius 3 is 2.50 bits per heavy atom. The highest BCUT2D eigenvalue weighted by Crippen LogP contribution is 2.39. The minimum Gasteiger partial charge on any atom is -0.496 e. The molecule has 0 aliphatic heterocycles. The number of nitrogens with zero attached hydrogens (tertiary/aromatic N) is 4. The summed E-state index contributed by atoms with van der Waals surface area (Å²) in [4.78, 5) is 14.7. The van der Waals surface area contributed by atoms with Crippen LogP contribution in [0.25, 0.3) is 10.9 Å². The fourth-order valence-electron chi connectivity index (χ4n) is 3.11. The second kappa shape index (κ2) is 8.67. The van der Waals surface area contributed by atoms with Crippen molar-refractivity contribution in [2.24, 2.45) is 10.2 Å². The number of fused-ring (bicyclic) bond motifs is 1. The van der Waals surface area contributed by atoms with Crippen molar-refractivity contribution in [3.8, 4) is 11.6 Å². The summed E-state index contributed by atoms with van der Waals surface area (Å²) in [6.07, 6.45) is 0. The Hall–Kier alpha value is -3.19. The van der Waals surface area contributed by atoms with Crippen LogP contribution < -0.4 is 4.74 Å². The number of carbonyl (C=O) groups excluding carboxylic acids is 1. The first-order valence-corrected chi connectivity index (χ1v) is 9.22. The number of rotatable bonds is 7. The van der Waals surface area contributed by atoms with Crippen LogP contribution >= 0.6 is 0 Å². The van der Waals surface area contributed by atoms with Crippen LogP contribution in [0.1, 0.15) is 24.2 Å². The number of hydrogen-bond donors (Lipinski definition) is 1. The summed E-state index contributed by atoms with van der Waals surface area (Å²) in [6.45, 7) is 6.37. The van der Waals surface area contributed by atoms with Gasteiger partial charge in [-0.1, -0.05) is 44.2 Å². The van der Waals surface area contributed by atoms with Crippen LogP contribution in [0, 0.1) is 0 Å². The Balaban J connectivity index is 2.00. The molecule has 146 valence electrons. The SMILES string of the molecule is CCN(CC)Cn1c(O)c(N=NC(=O)c2ccccc2OC)c2ccccc21. The maximum atomic E-state index is 12.5. The number of para-hydroxylation sites is 2. The van der Waals surface area contributed by atoms with E-state index in [1.807, 2.05) is 24.3 Å². The maximum absolute atomic E-state index is 12.5. The van der Waals surface area contributed by atoms with Crippen LogP contribution in [0.2, 0.25) is 0 Å². The van der Waals surface area contributed by atoms with E-state index in [0.717, 1.165) is 24.0 Å². The van der Waals surface area contributed by atoms with Crippen molar-refractivity contribution in [2.75, 3.05) is 20.2 Å². The molecule has 2 aromatic carbocycles. The topological polar surface area (TPSA) is 79.4 Å². The highest BCUT2D eigenvalue weighted by Gasteiger charge is 2.18. The van der Waals surface area contributed by atoms with E-state index in [4.69, 9.17) is 4.74 Å². The Morgan fingerprint density at radius 1 is 1.11 bits per heavy atom. The number of benzene rings is 2. The van der Waals surface area contributed by atoms with Gasteiger partial charge in [-0.2, -0.15) is 0 Å². The standard InChI is InChI=1S/C21H24N4O3/c1-4-24(5-2)14-25-17-12-8-6-10-15(17)19(21(25)27)22-23-20(26)16-11-7-9-13-18(16)28-3/h6-13,27H,4-5,14H2,1-3H3.